The number of ether oxygens (including phenoxy) is 1. The number of carbonyl (C=O) groups excluding carboxylic acids is 2. The van der Waals surface area contributed by atoms with E-state index in [1.807, 2.05) is 12.1 Å². The maximum Gasteiger partial charge on any atom is 0.339 e. The van der Waals surface area contributed by atoms with E-state index >= 15 is 0 Å². The molecule has 1 N–H and O–H groups in total. The number of para-hydroxylation sites is 1. The van der Waals surface area contributed by atoms with Crippen molar-refractivity contribution in [1.29, 1.82) is 0 Å². The highest BCUT2D eigenvalue weighted by molar-refractivity contribution is 6.06. The minimum atomic E-state index is -0.834. The third-order valence-electron chi connectivity index (χ3n) is 5.14. The molecular weight excluding hydrogens is 405 g/mol. The lowest BCUT2D eigenvalue weighted by Gasteiger charge is -2.19. The number of nitro groups is 1. The minimum absolute atomic E-state index is 0.359. The largest absolute Gasteiger partial charge is 0.452 e. The van der Waals surface area contributed by atoms with Gasteiger partial charge in [-0.25, -0.2) is 9.18 Å². The molecule has 158 valence electrons. The maximum absolute atomic E-state index is 13.9. The normalized spacial score (nSPS) is 12.8. The molecule has 3 aromatic rings. The van der Waals surface area contributed by atoms with Gasteiger partial charge >= 0.3 is 5.97 Å². The van der Waals surface area contributed by atoms with Crippen molar-refractivity contribution in [3.63, 3.8) is 0 Å². The highest BCUT2D eigenvalue weighted by Crippen LogP contribution is 2.30. The first kappa shape index (κ1) is 20.4. The van der Waals surface area contributed by atoms with Crippen molar-refractivity contribution in [2.24, 2.45) is 0 Å². The summed E-state index contributed by atoms with van der Waals surface area (Å²) in [5.41, 5.74) is 2.04. The lowest BCUT2D eigenvalue weighted by Crippen LogP contribution is -2.23. The number of hydrogen-bond donors (Lipinski definition) is 1. The summed E-state index contributed by atoms with van der Waals surface area (Å²) in [6.45, 7) is -0.660. The fraction of sp³-hybridized carbons (Fsp3) is 0.227. The van der Waals surface area contributed by atoms with Crippen molar-refractivity contribution in [2.45, 2.75) is 25.7 Å². The van der Waals surface area contributed by atoms with Crippen molar-refractivity contribution in [1.82, 2.24) is 4.98 Å². The molecule has 1 heterocycles. The summed E-state index contributed by atoms with van der Waals surface area (Å²) >= 11 is 0. The first-order valence-electron chi connectivity index (χ1n) is 9.75. The van der Waals surface area contributed by atoms with Gasteiger partial charge in [-0.2, -0.15) is 0 Å². The van der Waals surface area contributed by atoms with Gasteiger partial charge in [-0.1, -0.05) is 18.2 Å². The quantitative estimate of drug-likeness (QED) is 0.378. The average molecular weight is 423 g/mol. The van der Waals surface area contributed by atoms with Crippen LogP contribution in [-0.2, 0) is 22.4 Å². The molecule has 1 amide bonds. The Balaban J connectivity index is 1.53. The van der Waals surface area contributed by atoms with Gasteiger partial charge in [0.05, 0.1) is 21.7 Å². The number of fused-ring (bicyclic) bond motifs is 2. The number of nitrogens with one attached hydrogen (secondary N) is 1. The van der Waals surface area contributed by atoms with E-state index in [0.29, 0.717) is 22.9 Å². The molecule has 0 spiro atoms. The SMILES string of the molecule is O=C(COC(=O)c1c2c(nc3ccccc13)CCCC2)Nc1cc([N+](=O)[O-])ccc1F. The van der Waals surface area contributed by atoms with E-state index in [0.717, 1.165) is 48.7 Å². The topological polar surface area (TPSA) is 111 Å². The van der Waals surface area contributed by atoms with Crippen LogP contribution in [0.25, 0.3) is 10.9 Å². The molecule has 0 radical (unpaired) electrons. The summed E-state index contributed by atoms with van der Waals surface area (Å²) < 4.78 is 19.1. The summed E-state index contributed by atoms with van der Waals surface area (Å²) in [4.78, 5) is 39.9. The highest BCUT2D eigenvalue weighted by Gasteiger charge is 2.24. The van der Waals surface area contributed by atoms with Gasteiger partial charge in [-0.05, 0) is 43.4 Å². The number of anilines is 1. The molecule has 0 fully saturated rings. The highest BCUT2D eigenvalue weighted by atomic mass is 19.1. The van der Waals surface area contributed by atoms with Crippen LogP contribution in [0.3, 0.4) is 0 Å². The summed E-state index contributed by atoms with van der Waals surface area (Å²) in [7, 11) is 0. The Morgan fingerprint density at radius 3 is 2.74 bits per heavy atom. The fourth-order valence-corrected chi connectivity index (χ4v) is 3.72. The molecule has 0 saturated carbocycles. The molecule has 1 aliphatic carbocycles. The number of hydrogen-bond acceptors (Lipinski definition) is 6. The number of amides is 1. The summed E-state index contributed by atoms with van der Waals surface area (Å²) in [6.07, 6.45) is 3.39. The predicted octanol–water partition coefficient (Wildman–Crippen LogP) is 3.96. The Bertz CT molecular complexity index is 1210. The van der Waals surface area contributed by atoms with Gasteiger partial charge in [-0.3, -0.25) is 19.9 Å². The fourth-order valence-electron chi connectivity index (χ4n) is 3.72. The van der Waals surface area contributed by atoms with Crippen LogP contribution in [0, 0.1) is 15.9 Å². The molecule has 0 atom stereocenters. The second kappa shape index (κ2) is 8.47. The van der Waals surface area contributed by atoms with Crippen LogP contribution in [0.2, 0.25) is 0 Å². The lowest BCUT2D eigenvalue weighted by molar-refractivity contribution is -0.384. The number of benzene rings is 2. The number of pyridine rings is 1. The first-order chi connectivity index (χ1) is 14.9. The van der Waals surface area contributed by atoms with Crippen molar-refractivity contribution in [3.05, 3.63) is 75.2 Å². The molecule has 0 unspecified atom stereocenters. The van der Waals surface area contributed by atoms with Gasteiger partial charge in [0.25, 0.3) is 11.6 Å². The van der Waals surface area contributed by atoms with Crippen molar-refractivity contribution in [2.75, 3.05) is 11.9 Å². The summed E-state index contributed by atoms with van der Waals surface area (Å²) in [5, 5.41) is 13.7. The second-order valence-electron chi connectivity index (χ2n) is 7.18. The molecule has 0 saturated heterocycles. The van der Waals surface area contributed by atoms with Crippen LogP contribution < -0.4 is 5.32 Å². The van der Waals surface area contributed by atoms with Crippen molar-refractivity contribution in [3.8, 4) is 0 Å². The van der Waals surface area contributed by atoms with Gasteiger partial charge in [0, 0.05) is 23.2 Å². The molecule has 1 aromatic heterocycles. The molecule has 0 aliphatic heterocycles. The predicted molar refractivity (Wildman–Crippen MR) is 110 cm³/mol. The van der Waals surface area contributed by atoms with E-state index in [1.165, 1.54) is 0 Å². The maximum atomic E-state index is 13.9. The van der Waals surface area contributed by atoms with Gasteiger partial charge in [0.1, 0.15) is 5.82 Å². The number of nitrogens with zero attached hydrogens (tertiary/aromatic N) is 2. The zero-order chi connectivity index (χ0) is 22.0. The Morgan fingerprint density at radius 1 is 1.16 bits per heavy atom. The zero-order valence-corrected chi connectivity index (χ0v) is 16.4. The number of nitro benzene ring substituents is 1. The van der Waals surface area contributed by atoms with E-state index in [4.69, 9.17) is 4.74 Å². The van der Waals surface area contributed by atoms with E-state index in [-0.39, 0.29) is 11.4 Å². The van der Waals surface area contributed by atoms with Crippen molar-refractivity contribution < 1.29 is 23.6 Å². The molecule has 4 rings (SSSR count). The van der Waals surface area contributed by atoms with Crippen LogP contribution in [0.5, 0.6) is 0 Å². The molecule has 1 aliphatic rings. The van der Waals surface area contributed by atoms with E-state index in [9.17, 15) is 24.1 Å². The lowest BCUT2D eigenvalue weighted by atomic mass is 9.90. The van der Waals surface area contributed by atoms with Gasteiger partial charge in [0.15, 0.2) is 6.61 Å². The van der Waals surface area contributed by atoms with E-state index in [2.05, 4.69) is 10.3 Å². The number of aromatic nitrogens is 1. The van der Waals surface area contributed by atoms with Crippen LogP contribution in [0.4, 0.5) is 15.8 Å². The molecule has 0 bridgehead atoms. The van der Waals surface area contributed by atoms with E-state index < -0.39 is 29.2 Å². The first-order valence-corrected chi connectivity index (χ1v) is 9.75. The van der Waals surface area contributed by atoms with Gasteiger partial charge in [0.2, 0.25) is 0 Å². The number of non-ortho nitro benzene ring substituents is 1. The Hall–Kier alpha value is -3.88. The smallest absolute Gasteiger partial charge is 0.339 e. The number of halogens is 1. The molecule has 8 nitrogen and oxygen atoms in total. The average Bonchev–Trinajstić information content (AvgIpc) is 2.77. The van der Waals surface area contributed by atoms with E-state index in [1.54, 1.807) is 12.1 Å². The molecule has 31 heavy (non-hydrogen) atoms. The number of rotatable bonds is 5. The van der Waals surface area contributed by atoms with Crippen LogP contribution in [-0.4, -0.2) is 28.4 Å². The third kappa shape index (κ3) is 4.20. The van der Waals surface area contributed by atoms with Gasteiger partial charge in [-0.15, -0.1) is 0 Å². The second-order valence-corrected chi connectivity index (χ2v) is 7.18. The summed E-state index contributed by atoms with van der Waals surface area (Å²) in [6, 6.07) is 10.0. The Labute approximate surface area is 176 Å². The number of esters is 1. The number of aryl methyl sites for hydroxylation is 1. The third-order valence-corrected chi connectivity index (χ3v) is 5.14. The number of carbonyl (C=O) groups is 2. The Kier molecular flexibility index (Phi) is 5.57. The zero-order valence-electron chi connectivity index (χ0n) is 16.4. The minimum Gasteiger partial charge on any atom is -0.452 e. The molecule has 2 aromatic carbocycles. The standard InChI is InChI=1S/C22H18FN3O5/c23-16-10-9-13(26(29)30)11-19(16)25-20(27)12-31-22(28)21-14-5-1-3-7-17(14)24-18-8-4-2-6-15(18)21/h1,3,5,7,9-11H,2,4,6,8,12H2,(H,25,27). The monoisotopic (exact) mass is 423 g/mol. The van der Waals surface area contributed by atoms with Crippen LogP contribution >= 0.6 is 0 Å². The molecule has 9 heteroatoms. The van der Waals surface area contributed by atoms with Crippen LogP contribution in [0.1, 0.15) is 34.5 Å². The van der Waals surface area contributed by atoms with Gasteiger partial charge < -0.3 is 10.1 Å². The van der Waals surface area contributed by atoms with Crippen molar-refractivity contribution >= 4 is 34.2 Å². The molecular formula is C22H18FN3O5. The van der Waals surface area contributed by atoms with Crippen LogP contribution in [0.15, 0.2) is 42.5 Å². The summed E-state index contributed by atoms with van der Waals surface area (Å²) in [5.74, 6) is -2.30. The Morgan fingerprint density at radius 2 is 1.94 bits per heavy atom.